The first-order chi connectivity index (χ1) is 7.40. The lowest BCUT2D eigenvalue weighted by molar-refractivity contribution is -0.386. The molecule has 7 heteroatoms. The van der Waals surface area contributed by atoms with Gasteiger partial charge in [0.15, 0.2) is 0 Å². The van der Waals surface area contributed by atoms with E-state index in [-0.39, 0.29) is 11.6 Å². The van der Waals surface area contributed by atoms with Crippen LogP contribution in [-0.4, -0.2) is 31.5 Å². The van der Waals surface area contributed by atoms with Crippen molar-refractivity contribution >= 4 is 5.69 Å². The van der Waals surface area contributed by atoms with Gasteiger partial charge in [0.25, 0.3) is 0 Å². The second kappa shape index (κ2) is 3.44. The number of nitrogens with zero attached hydrogens (tertiary/aromatic N) is 3. The molecule has 0 amide bonds. The monoisotopic (exact) mass is 227 g/mol. The van der Waals surface area contributed by atoms with E-state index in [0.29, 0.717) is 12.8 Å². The van der Waals surface area contributed by atoms with Crippen molar-refractivity contribution in [3.05, 3.63) is 16.3 Å². The highest BCUT2D eigenvalue weighted by Gasteiger charge is 2.44. The van der Waals surface area contributed by atoms with Crippen molar-refractivity contribution in [2.75, 3.05) is 0 Å². The normalized spacial score (nSPS) is 28.6. The fourth-order valence-electron chi connectivity index (χ4n) is 1.67. The number of aryl methyl sites for hydroxylation is 1. The Hall–Kier alpha value is -1.63. The molecule has 0 unspecified atom stereocenters. The number of hydrogen-bond donors (Lipinski definition) is 1. The highest BCUT2D eigenvalue weighted by atomic mass is 16.6. The van der Waals surface area contributed by atoms with Crippen molar-refractivity contribution in [1.82, 2.24) is 9.78 Å². The third kappa shape index (κ3) is 1.73. The summed E-state index contributed by atoms with van der Waals surface area (Å²) < 4.78 is 6.68. The Labute approximate surface area is 91.8 Å². The zero-order valence-electron chi connectivity index (χ0n) is 9.08. The molecule has 1 fully saturated rings. The molecule has 1 N–H and O–H groups in total. The summed E-state index contributed by atoms with van der Waals surface area (Å²) in [7, 11) is 1.58. The van der Waals surface area contributed by atoms with Crippen molar-refractivity contribution in [3.63, 3.8) is 0 Å². The Kier molecular flexibility index (Phi) is 2.34. The summed E-state index contributed by atoms with van der Waals surface area (Å²) in [5, 5.41) is 24.3. The molecule has 0 spiro atoms. The van der Waals surface area contributed by atoms with Gasteiger partial charge in [0, 0.05) is 7.05 Å². The molecule has 88 valence electrons. The predicted molar refractivity (Wildman–Crippen MR) is 54.1 cm³/mol. The third-order valence-electron chi connectivity index (χ3n) is 2.83. The Morgan fingerprint density at radius 3 is 2.94 bits per heavy atom. The Balaban J connectivity index is 2.18. The van der Waals surface area contributed by atoms with Crippen molar-refractivity contribution in [2.24, 2.45) is 7.05 Å². The summed E-state index contributed by atoms with van der Waals surface area (Å²) in [4.78, 5) is 10.1. The second-order valence-electron chi connectivity index (χ2n) is 4.25. The summed E-state index contributed by atoms with van der Waals surface area (Å²) in [6, 6.07) is 0. The van der Waals surface area contributed by atoms with Crippen LogP contribution in [0.5, 0.6) is 5.88 Å². The first kappa shape index (κ1) is 10.9. The largest absolute Gasteiger partial charge is 0.465 e. The molecular weight excluding hydrogens is 214 g/mol. The van der Waals surface area contributed by atoms with E-state index in [2.05, 4.69) is 5.10 Å². The van der Waals surface area contributed by atoms with Crippen molar-refractivity contribution in [3.8, 4) is 5.88 Å². The van der Waals surface area contributed by atoms with E-state index in [4.69, 9.17) is 4.74 Å². The van der Waals surface area contributed by atoms with Gasteiger partial charge in [-0.2, -0.15) is 0 Å². The molecule has 1 aliphatic carbocycles. The third-order valence-corrected chi connectivity index (χ3v) is 2.83. The van der Waals surface area contributed by atoms with E-state index in [0.717, 1.165) is 0 Å². The predicted octanol–water partition coefficient (Wildman–Crippen LogP) is 0.620. The number of aromatic nitrogens is 2. The molecule has 2 atom stereocenters. The van der Waals surface area contributed by atoms with E-state index >= 15 is 0 Å². The van der Waals surface area contributed by atoms with Crippen LogP contribution in [0, 0.1) is 10.1 Å². The summed E-state index contributed by atoms with van der Waals surface area (Å²) >= 11 is 0. The Bertz CT molecular complexity index is 426. The maximum absolute atomic E-state index is 10.7. The molecule has 0 saturated heterocycles. The van der Waals surface area contributed by atoms with E-state index in [9.17, 15) is 15.2 Å². The lowest BCUT2D eigenvalue weighted by Gasteiger charge is -2.41. The van der Waals surface area contributed by atoms with Crippen LogP contribution >= 0.6 is 0 Å². The maximum Gasteiger partial charge on any atom is 0.350 e. The van der Waals surface area contributed by atoms with E-state index in [1.54, 1.807) is 14.0 Å². The molecule has 1 aromatic rings. The van der Waals surface area contributed by atoms with Gasteiger partial charge in [-0.05, 0) is 19.8 Å². The topological polar surface area (TPSA) is 90.4 Å². The molecule has 0 aliphatic heterocycles. The highest BCUT2D eigenvalue weighted by molar-refractivity contribution is 5.38. The molecule has 0 bridgehead atoms. The van der Waals surface area contributed by atoms with Gasteiger partial charge in [-0.15, -0.1) is 5.10 Å². The van der Waals surface area contributed by atoms with Gasteiger partial charge in [-0.3, -0.25) is 14.8 Å². The Morgan fingerprint density at radius 1 is 1.81 bits per heavy atom. The Morgan fingerprint density at radius 2 is 2.50 bits per heavy atom. The summed E-state index contributed by atoms with van der Waals surface area (Å²) in [5.41, 5.74) is -1.09. The summed E-state index contributed by atoms with van der Waals surface area (Å²) in [6.07, 6.45) is 2.18. The quantitative estimate of drug-likeness (QED) is 0.603. The molecule has 0 radical (unpaired) electrons. The van der Waals surface area contributed by atoms with Gasteiger partial charge < -0.3 is 9.84 Å². The molecule has 1 saturated carbocycles. The summed E-state index contributed by atoms with van der Waals surface area (Å²) in [5.74, 6) is -0.0301. The maximum atomic E-state index is 10.7. The van der Waals surface area contributed by atoms with Crippen LogP contribution in [0.3, 0.4) is 0 Å². The molecule has 1 aromatic heterocycles. The number of hydrogen-bond acceptors (Lipinski definition) is 5. The molecule has 2 rings (SSSR count). The van der Waals surface area contributed by atoms with Crippen molar-refractivity contribution < 1.29 is 14.8 Å². The van der Waals surface area contributed by atoms with Crippen LogP contribution in [-0.2, 0) is 7.05 Å². The van der Waals surface area contributed by atoms with Crippen LogP contribution in [0.4, 0.5) is 5.69 Å². The number of ether oxygens (including phenoxy) is 1. The van der Waals surface area contributed by atoms with Crippen LogP contribution in [0.25, 0.3) is 0 Å². The van der Waals surface area contributed by atoms with Gasteiger partial charge in [-0.1, -0.05) is 0 Å². The van der Waals surface area contributed by atoms with Crippen LogP contribution in [0.2, 0.25) is 0 Å². The van der Waals surface area contributed by atoms with Crippen molar-refractivity contribution in [1.29, 1.82) is 0 Å². The van der Waals surface area contributed by atoms with E-state index in [1.807, 2.05) is 0 Å². The van der Waals surface area contributed by atoms with Crippen LogP contribution in [0.1, 0.15) is 19.8 Å². The molecular formula is C9H13N3O4. The van der Waals surface area contributed by atoms with Gasteiger partial charge in [0.05, 0.1) is 10.5 Å². The zero-order chi connectivity index (χ0) is 11.9. The van der Waals surface area contributed by atoms with Crippen molar-refractivity contribution in [2.45, 2.75) is 31.5 Å². The van der Waals surface area contributed by atoms with E-state index < -0.39 is 16.6 Å². The fourth-order valence-corrected chi connectivity index (χ4v) is 1.67. The number of rotatable bonds is 3. The van der Waals surface area contributed by atoms with Crippen LogP contribution in [0.15, 0.2) is 6.20 Å². The highest BCUT2D eigenvalue weighted by Crippen LogP contribution is 2.37. The smallest absolute Gasteiger partial charge is 0.350 e. The minimum Gasteiger partial charge on any atom is -0.465 e. The average Bonchev–Trinajstić information content (AvgIpc) is 2.55. The first-order valence-electron chi connectivity index (χ1n) is 4.97. The molecule has 7 nitrogen and oxygen atoms in total. The minimum absolute atomic E-state index is 0.0301. The molecule has 1 heterocycles. The number of nitro groups is 1. The van der Waals surface area contributed by atoms with Gasteiger partial charge >= 0.3 is 11.6 Å². The fraction of sp³-hybridized carbons (Fsp3) is 0.667. The first-order valence-corrected chi connectivity index (χ1v) is 4.97. The van der Waals surface area contributed by atoms with E-state index in [1.165, 1.54) is 10.9 Å². The van der Waals surface area contributed by atoms with Gasteiger partial charge in [0.1, 0.15) is 12.3 Å². The minimum atomic E-state index is -0.911. The SMILES string of the molecule is Cn1cc([N+](=O)[O-])c(O[C@@H]2CC[C@@]2(C)O)n1. The molecule has 0 aromatic carbocycles. The second-order valence-corrected chi connectivity index (χ2v) is 4.25. The lowest BCUT2D eigenvalue weighted by Crippen LogP contribution is -2.52. The zero-order valence-corrected chi connectivity index (χ0v) is 9.08. The standard InChI is InChI=1S/C9H13N3O4/c1-9(13)4-3-7(9)16-8-6(12(14)15)5-11(2)10-8/h5,7,13H,3-4H2,1-2H3/t7-,9-/m1/s1. The summed E-state index contributed by atoms with van der Waals surface area (Å²) in [6.45, 7) is 1.65. The van der Waals surface area contributed by atoms with Crippen LogP contribution < -0.4 is 4.74 Å². The number of aliphatic hydroxyl groups is 1. The molecule has 1 aliphatic rings. The average molecular weight is 227 g/mol. The lowest BCUT2D eigenvalue weighted by atomic mass is 9.79. The van der Waals surface area contributed by atoms with Gasteiger partial charge in [-0.25, -0.2) is 0 Å². The van der Waals surface area contributed by atoms with Gasteiger partial charge in [0.2, 0.25) is 0 Å². The molecule has 16 heavy (non-hydrogen) atoms.